The van der Waals surface area contributed by atoms with Gasteiger partial charge in [0.2, 0.25) is 5.91 Å². The van der Waals surface area contributed by atoms with Crippen LogP contribution in [0.5, 0.6) is 0 Å². The third-order valence-corrected chi connectivity index (χ3v) is 5.66. The van der Waals surface area contributed by atoms with Crippen molar-refractivity contribution in [1.82, 2.24) is 19.9 Å². The standard InChI is InChI=1S/C20H23N5O2/c1-13-15-11-16(26)24(3)17(15)23-19(22-13)20(2)7-4-10-25(12-20)18(27)14-5-8-21-9-6-14/h5-6,8-9H,4,7,10-12H2,1-3H3. The van der Waals surface area contributed by atoms with Gasteiger partial charge in [0.1, 0.15) is 11.6 Å². The largest absolute Gasteiger partial charge is 0.338 e. The van der Waals surface area contributed by atoms with E-state index in [2.05, 4.69) is 11.9 Å². The fourth-order valence-electron chi connectivity index (χ4n) is 4.00. The number of aromatic nitrogens is 3. The molecule has 0 N–H and O–H groups in total. The van der Waals surface area contributed by atoms with E-state index in [9.17, 15) is 9.59 Å². The lowest BCUT2D eigenvalue weighted by molar-refractivity contribution is -0.117. The molecule has 1 fully saturated rings. The Labute approximate surface area is 158 Å². The van der Waals surface area contributed by atoms with Gasteiger partial charge in [0.25, 0.3) is 5.91 Å². The zero-order valence-electron chi connectivity index (χ0n) is 15.9. The van der Waals surface area contributed by atoms with Crippen LogP contribution in [0.3, 0.4) is 0 Å². The molecule has 0 spiro atoms. The molecule has 0 radical (unpaired) electrons. The van der Waals surface area contributed by atoms with E-state index in [0.29, 0.717) is 30.2 Å². The van der Waals surface area contributed by atoms with E-state index >= 15 is 0 Å². The summed E-state index contributed by atoms with van der Waals surface area (Å²) in [4.78, 5) is 41.9. The van der Waals surface area contributed by atoms with Gasteiger partial charge in [-0.1, -0.05) is 6.92 Å². The number of carbonyl (C=O) groups is 2. The first kappa shape index (κ1) is 17.6. The fraction of sp³-hybridized carbons (Fsp3) is 0.450. The number of hydrogen-bond donors (Lipinski definition) is 0. The summed E-state index contributed by atoms with van der Waals surface area (Å²) in [6, 6.07) is 3.48. The smallest absolute Gasteiger partial charge is 0.253 e. The van der Waals surface area contributed by atoms with Gasteiger partial charge in [-0.05, 0) is 31.9 Å². The lowest BCUT2D eigenvalue weighted by Gasteiger charge is -2.39. The number of piperidine rings is 1. The summed E-state index contributed by atoms with van der Waals surface area (Å²) in [5.74, 6) is 1.48. The van der Waals surface area contributed by atoms with E-state index in [0.717, 1.165) is 30.6 Å². The van der Waals surface area contributed by atoms with Crippen molar-refractivity contribution < 1.29 is 9.59 Å². The van der Waals surface area contributed by atoms with Crippen LogP contribution in [0.2, 0.25) is 0 Å². The van der Waals surface area contributed by atoms with E-state index in [4.69, 9.17) is 9.97 Å². The van der Waals surface area contributed by atoms with Gasteiger partial charge in [-0.3, -0.25) is 19.5 Å². The summed E-state index contributed by atoms with van der Waals surface area (Å²) in [5.41, 5.74) is 2.07. The first-order valence-corrected chi connectivity index (χ1v) is 9.23. The minimum absolute atomic E-state index is 0.00787. The Hall–Kier alpha value is -2.83. The van der Waals surface area contributed by atoms with Crippen LogP contribution in [0, 0.1) is 6.92 Å². The molecule has 2 aromatic heterocycles. The predicted octanol–water partition coefficient (Wildman–Crippen LogP) is 1.89. The first-order valence-electron chi connectivity index (χ1n) is 9.23. The highest BCUT2D eigenvalue weighted by Crippen LogP contribution is 2.36. The van der Waals surface area contributed by atoms with E-state index in [1.807, 2.05) is 11.8 Å². The molecule has 1 atom stereocenters. The van der Waals surface area contributed by atoms with E-state index in [1.165, 1.54) is 0 Å². The van der Waals surface area contributed by atoms with Gasteiger partial charge in [-0.2, -0.15) is 0 Å². The Bertz CT molecular complexity index is 914. The van der Waals surface area contributed by atoms with Crippen molar-refractivity contribution in [1.29, 1.82) is 0 Å². The van der Waals surface area contributed by atoms with Gasteiger partial charge in [0.15, 0.2) is 0 Å². The van der Waals surface area contributed by atoms with Crippen LogP contribution >= 0.6 is 0 Å². The maximum atomic E-state index is 12.9. The van der Waals surface area contributed by atoms with Crippen LogP contribution < -0.4 is 4.90 Å². The highest BCUT2D eigenvalue weighted by atomic mass is 16.2. The van der Waals surface area contributed by atoms with Gasteiger partial charge in [-0.15, -0.1) is 0 Å². The second-order valence-corrected chi connectivity index (χ2v) is 7.69. The highest BCUT2D eigenvalue weighted by molar-refractivity contribution is 6.00. The quantitative estimate of drug-likeness (QED) is 0.812. The van der Waals surface area contributed by atoms with Gasteiger partial charge < -0.3 is 4.90 Å². The zero-order valence-corrected chi connectivity index (χ0v) is 15.9. The summed E-state index contributed by atoms with van der Waals surface area (Å²) in [6.45, 7) is 5.32. The molecule has 7 nitrogen and oxygen atoms in total. The average molecular weight is 365 g/mol. The molecule has 4 heterocycles. The Morgan fingerprint density at radius 3 is 2.70 bits per heavy atom. The normalized spacial score (nSPS) is 22.1. The number of rotatable bonds is 2. The number of pyridine rings is 1. The maximum Gasteiger partial charge on any atom is 0.253 e. The van der Waals surface area contributed by atoms with Crippen LogP contribution in [0.15, 0.2) is 24.5 Å². The Kier molecular flexibility index (Phi) is 4.17. The number of anilines is 1. The number of fused-ring (bicyclic) bond motifs is 1. The molecule has 1 unspecified atom stereocenters. The predicted molar refractivity (Wildman–Crippen MR) is 101 cm³/mol. The van der Waals surface area contributed by atoms with Crippen LogP contribution in [0.4, 0.5) is 5.82 Å². The molecule has 2 amide bonds. The number of aryl methyl sites for hydroxylation is 1. The SMILES string of the molecule is Cc1nc(C2(C)CCCN(C(=O)c3ccncc3)C2)nc2c1CC(=O)N2C. The van der Waals surface area contributed by atoms with Crippen molar-refractivity contribution >= 4 is 17.6 Å². The number of carbonyl (C=O) groups excluding carboxylic acids is 2. The van der Waals surface area contributed by atoms with Gasteiger partial charge in [0.05, 0.1) is 6.42 Å². The zero-order chi connectivity index (χ0) is 19.2. The molecule has 140 valence electrons. The molecule has 0 saturated carbocycles. The van der Waals surface area contributed by atoms with Crippen molar-refractivity contribution in [3.05, 3.63) is 47.2 Å². The van der Waals surface area contributed by atoms with Crippen LogP contribution in [0.1, 0.15) is 47.2 Å². The third-order valence-electron chi connectivity index (χ3n) is 5.66. The number of likely N-dealkylation sites (N-methyl/N-ethyl adjacent to an activating group) is 1. The number of nitrogens with zero attached hydrogens (tertiary/aromatic N) is 5. The molecule has 27 heavy (non-hydrogen) atoms. The highest BCUT2D eigenvalue weighted by Gasteiger charge is 2.39. The molecule has 4 rings (SSSR count). The van der Waals surface area contributed by atoms with E-state index in [-0.39, 0.29) is 17.2 Å². The van der Waals surface area contributed by atoms with Crippen LogP contribution in [0.25, 0.3) is 0 Å². The van der Waals surface area contributed by atoms with Crippen molar-refractivity contribution in [2.75, 3.05) is 25.0 Å². The molecule has 2 aliphatic rings. The molecule has 0 bridgehead atoms. The molecule has 0 aliphatic carbocycles. The fourth-order valence-corrected chi connectivity index (χ4v) is 4.00. The summed E-state index contributed by atoms with van der Waals surface area (Å²) in [6.07, 6.45) is 5.43. The summed E-state index contributed by atoms with van der Waals surface area (Å²) >= 11 is 0. The Morgan fingerprint density at radius 2 is 1.96 bits per heavy atom. The molecular weight excluding hydrogens is 342 g/mol. The second-order valence-electron chi connectivity index (χ2n) is 7.69. The number of likely N-dealkylation sites (tertiary alicyclic amines) is 1. The van der Waals surface area contributed by atoms with Crippen molar-refractivity contribution in [2.45, 2.75) is 38.5 Å². The second kappa shape index (κ2) is 6.40. The van der Waals surface area contributed by atoms with Gasteiger partial charge >= 0.3 is 0 Å². The average Bonchev–Trinajstić information content (AvgIpc) is 2.97. The third kappa shape index (κ3) is 2.97. The lowest BCUT2D eigenvalue weighted by atomic mass is 9.80. The van der Waals surface area contributed by atoms with Gasteiger partial charge in [0, 0.05) is 54.8 Å². The lowest BCUT2D eigenvalue weighted by Crippen LogP contribution is -2.48. The molecule has 0 aromatic carbocycles. The monoisotopic (exact) mass is 365 g/mol. The molecular formula is C20H23N5O2. The first-order chi connectivity index (χ1) is 12.9. The topological polar surface area (TPSA) is 79.3 Å². The van der Waals surface area contributed by atoms with Crippen molar-refractivity contribution in [3.63, 3.8) is 0 Å². The number of hydrogen-bond acceptors (Lipinski definition) is 5. The Balaban J connectivity index is 1.65. The maximum absolute atomic E-state index is 12.9. The Morgan fingerprint density at radius 1 is 1.22 bits per heavy atom. The molecule has 2 aromatic rings. The van der Waals surface area contributed by atoms with E-state index in [1.54, 1.807) is 36.5 Å². The molecule has 7 heteroatoms. The van der Waals surface area contributed by atoms with Gasteiger partial charge in [-0.25, -0.2) is 9.97 Å². The summed E-state index contributed by atoms with van der Waals surface area (Å²) in [7, 11) is 1.76. The van der Waals surface area contributed by atoms with Crippen LogP contribution in [-0.4, -0.2) is 51.8 Å². The van der Waals surface area contributed by atoms with Crippen molar-refractivity contribution in [2.24, 2.45) is 0 Å². The van der Waals surface area contributed by atoms with Crippen molar-refractivity contribution in [3.8, 4) is 0 Å². The summed E-state index contributed by atoms with van der Waals surface area (Å²) < 4.78 is 0. The minimum Gasteiger partial charge on any atom is -0.338 e. The van der Waals surface area contributed by atoms with Crippen LogP contribution in [-0.2, 0) is 16.6 Å². The van der Waals surface area contributed by atoms with E-state index < -0.39 is 0 Å². The number of amides is 2. The molecule has 2 aliphatic heterocycles. The minimum atomic E-state index is -0.340. The molecule has 1 saturated heterocycles. The summed E-state index contributed by atoms with van der Waals surface area (Å²) in [5, 5.41) is 0.